The lowest BCUT2D eigenvalue weighted by Crippen LogP contribution is -2.27. The summed E-state index contributed by atoms with van der Waals surface area (Å²) in [5.74, 6) is 0. The molecular formula is C15H17N5. The maximum atomic E-state index is 9.18. The quantitative estimate of drug-likeness (QED) is 0.897. The van der Waals surface area contributed by atoms with Gasteiger partial charge in [0.05, 0.1) is 11.2 Å². The van der Waals surface area contributed by atoms with Gasteiger partial charge in [0.1, 0.15) is 6.07 Å². The molecule has 1 aromatic carbocycles. The maximum absolute atomic E-state index is 9.18. The molecule has 0 aliphatic heterocycles. The highest BCUT2D eigenvalue weighted by atomic mass is 15.2. The maximum Gasteiger partial charge on any atom is 0.186 e. The van der Waals surface area contributed by atoms with Crippen LogP contribution in [0.25, 0.3) is 10.9 Å². The number of aromatic nitrogens is 2. The lowest BCUT2D eigenvalue weighted by Gasteiger charge is -2.17. The van der Waals surface area contributed by atoms with Crippen molar-refractivity contribution in [3.63, 3.8) is 0 Å². The molecule has 5 nitrogen and oxygen atoms in total. The number of anilines is 1. The monoisotopic (exact) mass is 267 g/mol. The average Bonchev–Trinajstić information content (AvgIpc) is 3.32. The molecule has 0 unspecified atom stereocenters. The first-order valence-corrected chi connectivity index (χ1v) is 6.89. The standard InChI is InChI=1S/C15H17N5/c1-20(11-6-7-11)9-8-17-15-12-4-2-3-5-13(12)18-19-14(15)10-16/h2-5,11H,6-9H2,1H3,(H,17,18). The van der Waals surface area contributed by atoms with Gasteiger partial charge in [0.25, 0.3) is 0 Å². The second kappa shape index (κ2) is 5.43. The number of nitrogens with zero attached hydrogens (tertiary/aromatic N) is 4. The van der Waals surface area contributed by atoms with Crippen LogP contribution in [0.15, 0.2) is 24.3 Å². The van der Waals surface area contributed by atoms with Gasteiger partial charge in [0, 0.05) is 24.5 Å². The number of hydrogen-bond acceptors (Lipinski definition) is 5. The molecule has 0 bridgehead atoms. The van der Waals surface area contributed by atoms with Crippen LogP contribution in [0.4, 0.5) is 5.69 Å². The lowest BCUT2D eigenvalue weighted by molar-refractivity contribution is 0.337. The van der Waals surface area contributed by atoms with Gasteiger partial charge in [-0.25, -0.2) is 0 Å². The SMILES string of the molecule is CN(CCNc1c(C#N)nnc2ccccc12)C1CC1. The molecule has 1 aliphatic carbocycles. The molecule has 0 amide bonds. The number of rotatable bonds is 5. The highest BCUT2D eigenvalue weighted by Crippen LogP contribution is 2.26. The van der Waals surface area contributed by atoms with Gasteiger partial charge in [-0.05, 0) is 26.0 Å². The van der Waals surface area contributed by atoms with Crippen LogP contribution in [0.5, 0.6) is 0 Å². The summed E-state index contributed by atoms with van der Waals surface area (Å²) in [6.07, 6.45) is 2.61. The molecule has 1 heterocycles. The fourth-order valence-electron chi connectivity index (χ4n) is 2.37. The van der Waals surface area contributed by atoms with E-state index in [1.54, 1.807) is 0 Å². The molecule has 1 fully saturated rings. The fraction of sp³-hybridized carbons (Fsp3) is 0.400. The van der Waals surface area contributed by atoms with E-state index in [1.807, 2.05) is 24.3 Å². The Kier molecular flexibility index (Phi) is 3.48. The minimum atomic E-state index is 0.359. The Morgan fingerprint density at radius 1 is 1.35 bits per heavy atom. The summed E-state index contributed by atoms with van der Waals surface area (Å²) in [5.41, 5.74) is 1.96. The number of nitrogens with one attached hydrogen (secondary N) is 1. The Morgan fingerprint density at radius 2 is 2.15 bits per heavy atom. The molecule has 5 heteroatoms. The minimum absolute atomic E-state index is 0.359. The molecule has 2 aromatic rings. The van der Waals surface area contributed by atoms with Crippen LogP contribution in [0.3, 0.4) is 0 Å². The molecule has 1 N–H and O–H groups in total. The van der Waals surface area contributed by atoms with Crippen LogP contribution in [0.2, 0.25) is 0 Å². The van der Waals surface area contributed by atoms with Gasteiger partial charge in [-0.3, -0.25) is 0 Å². The molecule has 1 saturated carbocycles. The average molecular weight is 267 g/mol. The fourth-order valence-corrected chi connectivity index (χ4v) is 2.37. The zero-order chi connectivity index (χ0) is 13.9. The van der Waals surface area contributed by atoms with Crippen molar-refractivity contribution in [2.75, 3.05) is 25.5 Å². The van der Waals surface area contributed by atoms with Crippen LogP contribution < -0.4 is 5.32 Å². The number of likely N-dealkylation sites (N-methyl/N-ethyl adjacent to an activating group) is 1. The number of hydrogen-bond donors (Lipinski definition) is 1. The third kappa shape index (κ3) is 2.56. The summed E-state index contributed by atoms with van der Waals surface area (Å²) < 4.78 is 0. The predicted molar refractivity (Wildman–Crippen MR) is 78.4 cm³/mol. The number of fused-ring (bicyclic) bond motifs is 1. The summed E-state index contributed by atoms with van der Waals surface area (Å²) >= 11 is 0. The van der Waals surface area contributed by atoms with E-state index in [1.165, 1.54) is 12.8 Å². The van der Waals surface area contributed by atoms with E-state index in [9.17, 15) is 5.26 Å². The van der Waals surface area contributed by atoms with E-state index < -0.39 is 0 Å². The van der Waals surface area contributed by atoms with Crippen molar-refractivity contribution in [3.8, 4) is 6.07 Å². The molecule has 3 rings (SSSR count). The van der Waals surface area contributed by atoms with Crippen molar-refractivity contribution >= 4 is 16.6 Å². The van der Waals surface area contributed by atoms with Crippen molar-refractivity contribution in [2.24, 2.45) is 0 Å². The second-order valence-electron chi connectivity index (χ2n) is 5.19. The zero-order valence-electron chi connectivity index (χ0n) is 11.5. The summed E-state index contributed by atoms with van der Waals surface area (Å²) in [6.45, 7) is 1.77. The smallest absolute Gasteiger partial charge is 0.186 e. The Labute approximate surface area is 118 Å². The largest absolute Gasteiger partial charge is 0.381 e. The summed E-state index contributed by atoms with van der Waals surface area (Å²) in [7, 11) is 2.15. The third-order valence-corrected chi connectivity index (χ3v) is 3.71. The first-order valence-electron chi connectivity index (χ1n) is 6.89. The van der Waals surface area contributed by atoms with Crippen molar-refractivity contribution in [1.82, 2.24) is 15.1 Å². The molecule has 1 aliphatic rings. The van der Waals surface area contributed by atoms with Gasteiger partial charge < -0.3 is 10.2 Å². The predicted octanol–water partition coefficient (Wildman–Crippen LogP) is 2.01. The van der Waals surface area contributed by atoms with Gasteiger partial charge in [-0.15, -0.1) is 10.2 Å². The Morgan fingerprint density at radius 3 is 2.90 bits per heavy atom. The van der Waals surface area contributed by atoms with Crippen LogP contribution in [0, 0.1) is 11.3 Å². The van der Waals surface area contributed by atoms with Gasteiger partial charge >= 0.3 is 0 Å². The second-order valence-corrected chi connectivity index (χ2v) is 5.19. The highest BCUT2D eigenvalue weighted by molar-refractivity contribution is 5.92. The van der Waals surface area contributed by atoms with E-state index >= 15 is 0 Å². The lowest BCUT2D eigenvalue weighted by atomic mass is 10.1. The summed E-state index contributed by atoms with van der Waals surface area (Å²) in [4.78, 5) is 2.36. The van der Waals surface area contributed by atoms with Crippen LogP contribution in [0.1, 0.15) is 18.5 Å². The Balaban J connectivity index is 1.79. The number of benzene rings is 1. The minimum Gasteiger partial charge on any atom is -0.381 e. The molecule has 0 spiro atoms. The van der Waals surface area contributed by atoms with Gasteiger partial charge in [-0.2, -0.15) is 5.26 Å². The molecule has 0 atom stereocenters. The molecule has 0 saturated heterocycles. The van der Waals surface area contributed by atoms with Crippen LogP contribution in [-0.4, -0.2) is 41.3 Å². The first-order chi connectivity index (χ1) is 9.79. The van der Waals surface area contributed by atoms with Gasteiger partial charge in [0.15, 0.2) is 5.69 Å². The van der Waals surface area contributed by atoms with E-state index in [0.717, 1.165) is 35.7 Å². The Bertz CT molecular complexity index is 657. The van der Waals surface area contributed by atoms with Gasteiger partial charge in [0.2, 0.25) is 0 Å². The van der Waals surface area contributed by atoms with E-state index in [-0.39, 0.29) is 0 Å². The Hall–Kier alpha value is -2.19. The van der Waals surface area contributed by atoms with Crippen LogP contribution in [-0.2, 0) is 0 Å². The van der Waals surface area contributed by atoms with E-state index in [2.05, 4.69) is 33.5 Å². The summed E-state index contributed by atoms with van der Waals surface area (Å²) in [6, 6.07) is 10.6. The molecular weight excluding hydrogens is 250 g/mol. The molecule has 1 aromatic heterocycles. The van der Waals surface area contributed by atoms with Crippen molar-refractivity contribution < 1.29 is 0 Å². The zero-order valence-corrected chi connectivity index (χ0v) is 11.5. The van der Waals surface area contributed by atoms with Crippen molar-refractivity contribution in [1.29, 1.82) is 5.26 Å². The first kappa shape index (κ1) is 12.8. The van der Waals surface area contributed by atoms with Crippen LogP contribution >= 0.6 is 0 Å². The number of nitriles is 1. The topological polar surface area (TPSA) is 64.8 Å². The summed E-state index contributed by atoms with van der Waals surface area (Å²) in [5, 5.41) is 21.5. The third-order valence-electron chi connectivity index (χ3n) is 3.71. The van der Waals surface area contributed by atoms with Crippen molar-refractivity contribution in [3.05, 3.63) is 30.0 Å². The molecule has 0 radical (unpaired) electrons. The normalized spacial score (nSPS) is 14.4. The van der Waals surface area contributed by atoms with Crippen molar-refractivity contribution in [2.45, 2.75) is 18.9 Å². The molecule has 20 heavy (non-hydrogen) atoms. The van der Waals surface area contributed by atoms with E-state index in [0.29, 0.717) is 5.69 Å². The highest BCUT2D eigenvalue weighted by Gasteiger charge is 2.25. The van der Waals surface area contributed by atoms with Gasteiger partial charge in [-0.1, -0.05) is 18.2 Å². The van der Waals surface area contributed by atoms with E-state index in [4.69, 9.17) is 0 Å². The molecule has 102 valence electrons.